The van der Waals surface area contributed by atoms with E-state index in [9.17, 15) is 0 Å². The van der Waals surface area contributed by atoms with Crippen molar-refractivity contribution in [2.24, 2.45) is 7.05 Å². The highest BCUT2D eigenvalue weighted by Crippen LogP contribution is 2.32. The zero-order valence-corrected chi connectivity index (χ0v) is 11.1. The van der Waals surface area contributed by atoms with E-state index in [-0.39, 0.29) is 5.25 Å². The van der Waals surface area contributed by atoms with Crippen LogP contribution in [-0.2, 0) is 7.05 Å². The molecule has 8 nitrogen and oxygen atoms in total. The van der Waals surface area contributed by atoms with Gasteiger partial charge in [-0.05, 0) is 6.92 Å². The molecule has 98 valence electrons. The van der Waals surface area contributed by atoms with E-state index in [0.29, 0.717) is 17.5 Å². The van der Waals surface area contributed by atoms with Gasteiger partial charge in [-0.3, -0.25) is 5.10 Å². The van der Waals surface area contributed by atoms with E-state index >= 15 is 0 Å². The minimum atomic E-state index is 0.00488. The minimum absolute atomic E-state index is 0.00488. The maximum absolute atomic E-state index is 5.23. The van der Waals surface area contributed by atoms with E-state index in [1.54, 1.807) is 18.0 Å². The molecular formula is C10H11N7OS. The van der Waals surface area contributed by atoms with Crippen molar-refractivity contribution in [2.75, 3.05) is 0 Å². The van der Waals surface area contributed by atoms with Crippen LogP contribution in [0, 0.1) is 0 Å². The number of nitrogens with zero attached hydrogens (tertiary/aromatic N) is 6. The van der Waals surface area contributed by atoms with Gasteiger partial charge < -0.3 is 9.09 Å². The van der Waals surface area contributed by atoms with E-state index in [1.807, 2.05) is 24.7 Å². The minimum Gasteiger partial charge on any atom is -0.338 e. The lowest BCUT2D eigenvalue weighted by atomic mass is 10.5. The number of hydrogen-bond acceptors (Lipinski definition) is 7. The average molecular weight is 277 g/mol. The van der Waals surface area contributed by atoms with Gasteiger partial charge in [-0.25, -0.2) is 9.97 Å². The number of aromatic nitrogens is 7. The molecule has 0 saturated carbocycles. The average Bonchev–Trinajstić information content (AvgIpc) is 3.09. The first-order valence-corrected chi connectivity index (χ1v) is 6.45. The Morgan fingerprint density at radius 1 is 1.42 bits per heavy atom. The summed E-state index contributed by atoms with van der Waals surface area (Å²) in [4.78, 5) is 12.5. The lowest BCUT2D eigenvalue weighted by Gasteiger charge is -2.05. The third-order valence-corrected chi connectivity index (χ3v) is 3.63. The second-order valence-corrected chi connectivity index (χ2v) is 5.18. The highest BCUT2D eigenvalue weighted by atomic mass is 32.2. The molecule has 3 heterocycles. The van der Waals surface area contributed by atoms with Crippen molar-refractivity contribution in [3.05, 3.63) is 24.6 Å². The standard InChI is InChI=1S/C10H11N7OS/c1-6(19-10-11-3-4-17(10)2)9-14-8(16-18-9)7-12-5-13-15-7/h3-6H,1-2H3,(H,12,13,15). The highest BCUT2D eigenvalue weighted by molar-refractivity contribution is 7.99. The number of hydrogen-bond donors (Lipinski definition) is 1. The number of H-pyrrole nitrogens is 1. The highest BCUT2D eigenvalue weighted by Gasteiger charge is 2.19. The first-order valence-electron chi connectivity index (χ1n) is 5.57. The van der Waals surface area contributed by atoms with E-state index in [1.165, 1.54) is 6.33 Å². The van der Waals surface area contributed by atoms with Crippen LogP contribution < -0.4 is 0 Å². The third kappa shape index (κ3) is 2.36. The summed E-state index contributed by atoms with van der Waals surface area (Å²) in [7, 11) is 1.94. The number of thioether (sulfide) groups is 1. The SMILES string of the molecule is CC(Sc1nccn1C)c1nc(-c2ncn[nH]2)no1. The first-order chi connectivity index (χ1) is 9.24. The molecule has 3 aromatic heterocycles. The molecule has 19 heavy (non-hydrogen) atoms. The Kier molecular flexibility index (Phi) is 3.03. The fourth-order valence-corrected chi connectivity index (χ4v) is 2.35. The molecule has 1 N–H and O–H groups in total. The molecular weight excluding hydrogens is 266 g/mol. The Hall–Kier alpha value is -2.16. The Labute approximate surface area is 112 Å². The van der Waals surface area contributed by atoms with Crippen LogP contribution in [0.1, 0.15) is 18.1 Å². The van der Waals surface area contributed by atoms with Crippen molar-refractivity contribution in [1.29, 1.82) is 0 Å². The number of imidazole rings is 1. The summed E-state index contributed by atoms with van der Waals surface area (Å²) in [6.07, 6.45) is 5.04. The van der Waals surface area contributed by atoms with E-state index < -0.39 is 0 Å². The summed E-state index contributed by atoms with van der Waals surface area (Å²) in [6, 6.07) is 0. The molecule has 0 fully saturated rings. The predicted octanol–water partition coefficient (Wildman–Crippen LogP) is 1.44. The van der Waals surface area contributed by atoms with Crippen LogP contribution in [0.3, 0.4) is 0 Å². The van der Waals surface area contributed by atoms with E-state index in [2.05, 4.69) is 30.3 Å². The number of nitrogens with one attached hydrogen (secondary N) is 1. The summed E-state index contributed by atoms with van der Waals surface area (Å²) in [6.45, 7) is 1.98. The van der Waals surface area contributed by atoms with Crippen LogP contribution in [0.2, 0.25) is 0 Å². The van der Waals surface area contributed by atoms with Crippen molar-refractivity contribution in [3.63, 3.8) is 0 Å². The Bertz CT molecular complexity index is 659. The van der Waals surface area contributed by atoms with Crippen LogP contribution in [0.4, 0.5) is 0 Å². The molecule has 1 unspecified atom stereocenters. The Morgan fingerprint density at radius 2 is 2.32 bits per heavy atom. The maximum atomic E-state index is 5.23. The number of aromatic amines is 1. The first kappa shape index (κ1) is 11.9. The molecule has 3 aromatic rings. The number of aryl methyl sites for hydroxylation is 1. The molecule has 0 aliphatic rings. The molecule has 0 spiro atoms. The third-order valence-electron chi connectivity index (χ3n) is 2.48. The monoisotopic (exact) mass is 277 g/mol. The van der Waals surface area contributed by atoms with Crippen molar-refractivity contribution in [2.45, 2.75) is 17.3 Å². The van der Waals surface area contributed by atoms with Gasteiger partial charge in [-0.15, -0.1) is 0 Å². The fourth-order valence-electron chi connectivity index (χ4n) is 1.48. The van der Waals surface area contributed by atoms with Crippen LogP contribution >= 0.6 is 11.8 Å². The number of rotatable bonds is 4. The molecule has 0 radical (unpaired) electrons. The maximum Gasteiger partial charge on any atom is 0.240 e. The molecule has 3 rings (SSSR count). The van der Waals surface area contributed by atoms with Crippen molar-refractivity contribution >= 4 is 11.8 Å². The Balaban J connectivity index is 1.77. The lowest BCUT2D eigenvalue weighted by Crippen LogP contribution is -1.94. The molecule has 0 aromatic carbocycles. The quantitative estimate of drug-likeness (QED) is 0.720. The van der Waals surface area contributed by atoms with Gasteiger partial charge in [0.1, 0.15) is 6.33 Å². The summed E-state index contributed by atoms with van der Waals surface area (Å²) in [5, 5.41) is 11.2. The van der Waals surface area contributed by atoms with E-state index in [0.717, 1.165) is 5.16 Å². The summed E-state index contributed by atoms with van der Waals surface area (Å²) < 4.78 is 7.17. The fraction of sp³-hybridized carbons (Fsp3) is 0.300. The van der Waals surface area contributed by atoms with Crippen molar-refractivity contribution < 1.29 is 4.52 Å². The molecule has 0 aliphatic carbocycles. The van der Waals surface area contributed by atoms with Gasteiger partial charge in [0.05, 0.1) is 5.25 Å². The summed E-state index contributed by atoms with van der Waals surface area (Å²) in [5.74, 6) is 1.42. The molecule has 9 heteroatoms. The normalized spacial score (nSPS) is 12.7. The molecule has 0 saturated heterocycles. The van der Waals surface area contributed by atoms with Gasteiger partial charge in [-0.1, -0.05) is 16.9 Å². The smallest absolute Gasteiger partial charge is 0.240 e. The second kappa shape index (κ2) is 4.84. The lowest BCUT2D eigenvalue weighted by molar-refractivity contribution is 0.380. The van der Waals surface area contributed by atoms with Crippen molar-refractivity contribution in [1.82, 2.24) is 34.9 Å². The van der Waals surface area contributed by atoms with Crippen LogP contribution in [0.15, 0.2) is 28.4 Å². The summed E-state index contributed by atoms with van der Waals surface area (Å²) >= 11 is 1.55. The molecule has 0 bridgehead atoms. The van der Waals surface area contributed by atoms with Crippen LogP contribution in [-0.4, -0.2) is 34.9 Å². The van der Waals surface area contributed by atoms with Gasteiger partial charge in [0.2, 0.25) is 11.7 Å². The summed E-state index contributed by atoms with van der Waals surface area (Å²) in [5.41, 5.74) is 0. The van der Waals surface area contributed by atoms with Gasteiger partial charge >= 0.3 is 0 Å². The zero-order valence-electron chi connectivity index (χ0n) is 10.3. The molecule has 1 atom stereocenters. The Morgan fingerprint density at radius 3 is 3.00 bits per heavy atom. The predicted molar refractivity (Wildman–Crippen MR) is 67.2 cm³/mol. The van der Waals surface area contributed by atoms with Gasteiger partial charge in [0.25, 0.3) is 0 Å². The molecule has 0 amide bonds. The van der Waals surface area contributed by atoms with Gasteiger partial charge in [0.15, 0.2) is 11.0 Å². The van der Waals surface area contributed by atoms with Crippen LogP contribution in [0.25, 0.3) is 11.6 Å². The zero-order chi connectivity index (χ0) is 13.2. The van der Waals surface area contributed by atoms with Gasteiger partial charge in [-0.2, -0.15) is 10.1 Å². The second-order valence-electron chi connectivity index (χ2n) is 3.87. The largest absolute Gasteiger partial charge is 0.338 e. The topological polar surface area (TPSA) is 98.3 Å². The van der Waals surface area contributed by atoms with Crippen molar-refractivity contribution in [3.8, 4) is 11.6 Å². The van der Waals surface area contributed by atoms with Crippen LogP contribution in [0.5, 0.6) is 0 Å². The van der Waals surface area contributed by atoms with E-state index in [4.69, 9.17) is 4.52 Å². The molecule has 0 aliphatic heterocycles. The van der Waals surface area contributed by atoms with Gasteiger partial charge in [0, 0.05) is 19.4 Å².